The fourth-order valence-corrected chi connectivity index (χ4v) is 2.88. The van der Waals surface area contributed by atoms with E-state index in [1.807, 2.05) is 0 Å². The molecule has 0 aromatic carbocycles. The lowest BCUT2D eigenvalue weighted by Gasteiger charge is -2.35. The van der Waals surface area contributed by atoms with E-state index in [0.29, 0.717) is 17.9 Å². The first kappa shape index (κ1) is 15.4. The van der Waals surface area contributed by atoms with Gasteiger partial charge in [0, 0.05) is 6.42 Å². The normalized spacial score (nSPS) is 27.7. The maximum atomic E-state index is 5.85. The Morgan fingerprint density at radius 3 is 2.67 bits per heavy atom. The van der Waals surface area contributed by atoms with Gasteiger partial charge in [-0.2, -0.15) is 0 Å². The van der Waals surface area contributed by atoms with Crippen LogP contribution in [0.4, 0.5) is 0 Å². The molecule has 0 aromatic rings. The Labute approximate surface area is 114 Å². The van der Waals surface area contributed by atoms with Crippen molar-refractivity contribution >= 4 is 0 Å². The van der Waals surface area contributed by atoms with Crippen LogP contribution in [0.1, 0.15) is 72.6 Å². The average Bonchev–Trinajstić information content (AvgIpc) is 2.33. The summed E-state index contributed by atoms with van der Waals surface area (Å²) in [5, 5.41) is 0. The molecule has 1 rings (SSSR count). The molecular formula is C17H30O. The van der Waals surface area contributed by atoms with Crippen molar-refractivity contribution < 1.29 is 4.74 Å². The monoisotopic (exact) mass is 250 g/mol. The largest absolute Gasteiger partial charge is 0.443 e. The van der Waals surface area contributed by atoms with Crippen LogP contribution in [0.3, 0.4) is 0 Å². The summed E-state index contributed by atoms with van der Waals surface area (Å²) >= 11 is 0. The van der Waals surface area contributed by atoms with Gasteiger partial charge in [0.2, 0.25) is 0 Å². The van der Waals surface area contributed by atoms with Crippen molar-refractivity contribution in [3.05, 3.63) is 0 Å². The van der Waals surface area contributed by atoms with Gasteiger partial charge in [0.25, 0.3) is 0 Å². The zero-order chi connectivity index (χ0) is 13.4. The zero-order valence-corrected chi connectivity index (χ0v) is 12.7. The molecule has 1 aliphatic carbocycles. The summed E-state index contributed by atoms with van der Waals surface area (Å²) in [4.78, 5) is 0. The van der Waals surface area contributed by atoms with Crippen molar-refractivity contribution in [1.29, 1.82) is 0 Å². The van der Waals surface area contributed by atoms with Crippen LogP contribution in [-0.2, 0) is 4.74 Å². The third kappa shape index (κ3) is 5.34. The molecule has 3 atom stereocenters. The topological polar surface area (TPSA) is 9.23 Å². The summed E-state index contributed by atoms with van der Waals surface area (Å²) in [6.07, 6.45) is 11.9. The first-order valence-electron chi connectivity index (χ1n) is 7.78. The first-order chi connectivity index (χ1) is 8.65. The van der Waals surface area contributed by atoms with Gasteiger partial charge >= 0.3 is 0 Å². The molecule has 0 heterocycles. The molecule has 0 radical (unpaired) electrons. The van der Waals surface area contributed by atoms with Crippen molar-refractivity contribution in [2.75, 3.05) is 0 Å². The molecule has 1 fully saturated rings. The Balaban J connectivity index is 2.36. The highest BCUT2D eigenvalue weighted by atomic mass is 16.5. The van der Waals surface area contributed by atoms with Crippen LogP contribution >= 0.6 is 0 Å². The molecule has 0 aromatic heterocycles. The second kappa shape index (κ2) is 8.46. The number of unbranched alkanes of at least 4 members (excludes halogenated alkanes) is 3. The zero-order valence-electron chi connectivity index (χ0n) is 12.7. The van der Waals surface area contributed by atoms with E-state index in [0.717, 1.165) is 12.3 Å². The number of hydrogen-bond acceptors (Lipinski definition) is 1. The van der Waals surface area contributed by atoms with Crippen molar-refractivity contribution in [3.63, 3.8) is 0 Å². The molecule has 1 saturated carbocycles. The quantitative estimate of drug-likeness (QED) is 0.492. The molecule has 1 aliphatic rings. The summed E-state index contributed by atoms with van der Waals surface area (Å²) in [5.41, 5.74) is 0. The summed E-state index contributed by atoms with van der Waals surface area (Å²) in [6, 6.07) is 0. The highest BCUT2D eigenvalue weighted by molar-refractivity contribution is 4.93. The highest BCUT2D eigenvalue weighted by Crippen LogP contribution is 2.35. The maximum absolute atomic E-state index is 5.85. The lowest BCUT2D eigenvalue weighted by atomic mass is 9.75. The van der Waals surface area contributed by atoms with Crippen LogP contribution in [0.25, 0.3) is 0 Å². The van der Waals surface area contributed by atoms with Crippen LogP contribution < -0.4 is 0 Å². The van der Waals surface area contributed by atoms with Gasteiger partial charge in [-0.25, -0.2) is 0 Å². The number of rotatable bonds is 5. The van der Waals surface area contributed by atoms with Crippen LogP contribution in [0, 0.1) is 29.8 Å². The van der Waals surface area contributed by atoms with Gasteiger partial charge in [-0.15, -0.1) is 0 Å². The van der Waals surface area contributed by atoms with Gasteiger partial charge < -0.3 is 4.74 Å². The summed E-state index contributed by atoms with van der Waals surface area (Å²) in [7, 11) is 0. The SMILES string of the molecule is CCCCCC#COC1CC(C)CC[C@@H]1C(C)C. The van der Waals surface area contributed by atoms with Crippen molar-refractivity contribution in [2.45, 2.75) is 78.7 Å². The van der Waals surface area contributed by atoms with Gasteiger partial charge in [-0.3, -0.25) is 0 Å². The van der Waals surface area contributed by atoms with Crippen molar-refractivity contribution in [1.82, 2.24) is 0 Å². The Morgan fingerprint density at radius 2 is 2.00 bits per heavy atom. The molecule has 1 heteroatoms. The van der Waals surface area contributed by atoms with Gasteiger partial charge in [-0.05, 0) is 37.0 Å². The van der Waals surface area contributed by atoms with E-state index in [9.17, 15) is 0 Å². The van der Waals surface area contributed by atoms with Crippen LogP contribution in [0.15, 0.2) is 0 Å². The first-order valence-corrected chi connectivity index (χ1v) is 7.78. The Kier molecular flexibility index (Phi) is 7.25. The van der Waals surface area contributed by atoms with Crippen LogP contribution in [0.2, 0.25) is 0 Å². The minimum atomic E-state index is 0.368. The predicted molar refractivity (Wildman–Crippen MR) is 78.1 cm³/mol. The standard InChI is InChI=1S/C17H30O/c1-5-6-7-8-9-12-18-17-13-15(4)10-11-16(17)14(2)3/h14-17H,5-8,10-11,13H2,1-4H3/t15?,16-,17?/m1/s1. The molecule has 0 spiro atoms. The van der Waals surface area contributed by atoms with Crippen LogP contribution in [0.5, 0.6) is 0 Å². The van der Waals surface area contributed by atoms with Gasteiger partial charge in [0.15, 0.2) is 0 Å². The second-order valence-corrected chi connectivity index (χ2v) is 6.22. The molecule has 104 valence electrons. The Bertz CT molecular complexity index is 271. The molecule has 0 saturated heterocycles. The number of hydrogen-bond donors (Lipinski definition) is 0. The van der Waals surface area contributed by atoms with Gasteiger partial charge in [-0.1, -0.05) is 52.9 Å². The summed E-state index contributed by atoms with van der Waals surface area (Å²) in [6.45, 7) is 9.18. The smallest absolute Gasteiger partial charge is 0.114 e. The molecule has 0 bridgehead atoms. The lowest BCUT2D eigenvalue weighted by Crippen LogP contribution is -2.33. The summed E-state index contributed by atoms with van der Waals surface area (Å²) in [5.74, 6) is 5.38. The molecule has 18 heavy (non-hydrogen) atoms. The Morgan fingerprint density at radius 1 is 1.22 bits per heavy atom. The van der Waals surface area contributed by atoms with E-state index in [1.165, 1.54) is 38.5 Å². The third-order valence-corrected chi connectivity index (χ3v) is 4.15. The average molecular weight is 250 g/mol. The van der Waals surface area contributed by atoms with E-state index in [2.05, 4.69) is 39.7 Å². The molecule has 0 N–H and O–H groups in total. The summed E-state index contributed by atoms with van der Waals surface area (Å²) < 4.78 is 5.85. The van der Waals surface area contributed by atoms with E-state index >= 15 is 0 Å². The minimum absolute atomic E-state index is 0.368. The molecule has 0 amide bonds. The number of ether oxygens (including phenoxy) is 1. The van der Waals surface area contributed by atoms with Crippen molar-refractivity contribution in [3.8, 4) is 12.0 Å². The van der Waals surface area contributed by atoms with E-state index in [1.54, 1.807) is 0 Å². The second-order valence-electron chi connectivity index (χ2n) is 6.22. The fourth-order valence-electron chi connectivity index (χ4n) is 2.88. The predicted octanol–water partition coefficient (Wildman–Crippen LogP) is 5.01. The molecule has 2 unspecified atom stereocenters. The van der Waals surface area contributed by atoms with Crippen molar-refractivity contribution in [2.24, 2.45) is 17.8 Å². The third-order valence-electron chi connectivity index (χ3n) is 4.15. The maximum Gasteiger partial charge on any atom is 0.114 e. The highest BCUT2D eigenvalue weighted by Gasteiger charge is 2.31. The van der Waals surface area contributed by atoms with Crippen LogP contribution in [-0.4, -0.2) is 6.10 Å². The lowest BCUT2D eigenvalue weighted by molar-refractivity contribution is 0.0251. The fraction of sp³-hybridized carbons (Fsp3) is 0.882. The molecule has 1 nitrogen and oxygen atoms in total. The molecular weight excluding hydrogens is 220 g/mol. The molecule has 0 aliphatic heterocycles. The van der Waals surface area contributed by atoms with Gasteiger partial charge in [0.05, 0.1) is 0 Å². The Hall–Kier alpha value is -0.640. The minimum Gasteiger partial charge on any atom is -0.443 e. The van der Waals surface area contributed by atoms with E-state index in [-0.39, 0.29) is 0 Å². The van der Waals surface area contributed by atoms with E-state index < -0.39 is 0 Å². The van der Waals surface area contributed by atoms with Gasteiger partial charge in [0.1, 0.15) is 12.2 Å². The van der Waals surface area contributed by atoms with E-state index in [4.69, 9.17) is 4.74 Å².